The molecule has 6 heteroatoms. The third-order valence-corrected chi connectivity index (χ3v) is 4.68. The molecular formula is C14H30IN3OS. The Morgan fingerprint density at radius 1 is 1.40 bits per heavy atom. The quantitative estimate of drug-likeness (QED) is 0.291. The second kappa shape index (κ2) is 11.0. The second-order valence-corrected chi connectivity index (χ2v) is 7.41. The molecule has 1 unspecified atom stereocenters. The lowest BCUT2D eigenvalue weighted by Crippen LogP contribution is -2.44. The van der Waals surface area contributed by atoms with Gasteiger partial charge in [-0.25, -0.2) is 0 Å². The molecule has 1 rings (SSSR count). The molecule has 1 aliphatic rings. The van der Waals surface area contributed by atoms with Crippen LogP contribution in [0.25, 0.3) is 0 Å². The Labute approximate surface area is 145 Å². The van der Waals surface area contributed by atoms with Gasteiger partial charge in [-0.3, -0.25) is 4.99 Å². The van der Waals surface area contributed by atoms with Crippen LogP contribution in [0.5, 0.6) is 0 Å². The number of rotatable bonds is 7. The first kappa shape index (κ1) is 20.3. The van der Waals surface area contributed by atoms with Crippen LogP contribution in [0.15, 0.2) is 4.99 Å². The maximum Gasteiger partial charge on any atom is 0.191 e. The number of hydrogen-bond donors (Lipinski definition) is 2. The van der Waals surface area contributed by atoms with E-state index >= 15 is 0 Å². The van der Waals surface area contributed by atoms with Gasteiger partial charge >= 0.3 is 0 Å². The summed E-state index contributed by atoms with van der Waals surface area (Å²) in [6, 6.07) is 0. The number of ether oxygens (including phenoxy) is 1. The molecule has 0 bridgehead atoms. The van der Waals surface area contributed by atoms with Crippen molar-refractivity contribution < 1.29 is 4.74 Å². The van der Waals surface area contributed by atoms with Gasteiger partial charge in [-0.15, -0.1) is 24.0 Å². The Hall–Kier alpha value is 0.310. The highest BCUT2D eigenvalue weighted by atomic mass is 127. The molecule has 120 valence electrons. The van der Waals surface area contributed by atoms with Gasteiger partial charge in [-0.05, 0) is 31.4 Å². The first-order valence-corrected chi connectivity index (χ1v) is 8.20. The molecule has 0 aliphatic carbocycles. The minimum absolute atomic E-state index is 0. The monoisotopic (exact) mass is 415 g/mol. The van der Waals surface area contributed by atoms with Crippen LogP contribution in [-0.2, 0) is 4.74 Å². The fraction of sp³-hybridized carbons (Fsp3) is 0.929. The number of nitrogens with zero attached hydrogens (tertiary/aromatic N) is 1. The largest absolute Gasteiger partial charge is 0.379 e. The lowest BCUT2D eigenvalue weighted by atomic mass is 10.1. The average Bonchev–Trinajstić information content (AvgIpc) is 2.79. The minimum atomic E-state index is 0. The van der Waals surface area contributed by atoms with Crippen LogP contribution >= 0.6 is 35.7 Å². The summed E-state index contributed by atoms with van der Waals surface area (Å²) in [5.74, 6) is 2.76. The second-order valence-electron chi connectivity index (χ2n) is 5.72. The molecule has 0 amide bonds. The van der Waals surface area contributed by atoms with Crippen molar-refractivity contribution in [1.82, 2.24) is 10.6 Å². The summed E-state index contributed by atoms with van der Waals surface area (Å²) in [5.41, 5.74) is 0. The minimum Gasteiger partial charge on any atom is -0.379 e. The number of guanidine groups is 1. The summed E-state index contributed by atoms with van der Waals surface area (Å²) < 4.78 is 5.91. The zero-order valence-corrected chi connectivity index (χ0v) is 16.3. The first-order valence-electron chi connectivity index (χ1n) is 7.22. The zero-order chi connectivity index (χ0) is 14.1. The summed E-state index contributed by atoms with van der Waals surface area (Å²) in [7, 11) is 1.81. The van der Waals surface area contributed by atoms with Crippen molar-refractivity contribution in [2.24, 2.45) is 10.9 Å². The SMILES string of the molecule is CN=C(NCCOCC(C)C)NCC1(C)CCCS1.I. The van der Waals surface area contributed by atoms with E-state index in [1.807, 2.05) is 7.05 Å². The predicted octanol–water partition coefficient (Wildman–Crippen LogP) is 2.73. The predicted molar refractivity (Wildman–Crippen MR) is 101 cm³/mol. The maximum absolute atomic E-state index is 5.54. The Balaban J connectivity index is 0.00000361. The molecule has 1 aliphatic heterocycles. The highest BCUT2D eigenvalue weighted by molar-refractivity contribution is 14.0. The van der Waals surface area contributed by atoms with Crippen LogP contribution in [0.3, 0.4) is 0 Å². The van der Waals surface area contributed by atoms with E-state index < -0.39 is 0 Å². The van der Waals surface area contributed by atoms with Crippen molar-refractivity contribution >= 4 is 41.7 Å². The van der Waals surface area contributed by atoms with Gasteiger partial charge in [0.1, 0.15) is 0 Å². The van der Waals surface area contributed by atoms with E-state index in [0.717, 1.165) is 32.3 Å². The molecule has 0 aromatic heterocycles. The topological polar surface area (TPSA) is 45.7 Å². The number of thioether (sulfide) groups is 1. The van der Waals surface area contributed by atoms with Gasteiger partial charge < -0.3 is 15.4 Å². The average molecular weight is 415 g/mol. The summed E-state index contributed by atoms with van der Waals surface area (Å²) in [6.45, 7) is 9.98. The van der Waals surface area contributed by atoms with Crippen molar-refractivity contribution in [3.8, 4) is 0 Å². The molecular weight excluding hydrogens is 385 g/mol. The lowest BCUT2D eigenvalue weighted by Gasteiger charge is -2.24. The number of hydrogen-bond acceptors (Lipinski definition) is 3. The van der Waals surface area contributed by atoms with Gasteiger partial charge in [0.05, 0.1) is 6.61 Å². The molecule has 1 fully saturated rings. The van der Waals surface area contributed by atoms with Crippen molar-refractivity contribution in [2.75, 3.05) is 39.1 Å². The molecule has 1 saturated heterocycles. The summed E-state index contributed by atoms with van der Waals surface area (Å²) in [5, 5.41) is 6.70. The molecule has 0 spiro atoms. The summed E-state index contributed by atoms with van der Waals surface area (Å²) >= 11 is 2.06. The normalized spacial score (nSPS) is 22.8. The van der Waals surface area contributed by atoms with Crippen LogP contribution in [0.4, 0.5) is 0 Å². The molecule has 0 saturated carbocycles. The molecule has 1 atom stereocenters. The van der Waals surface area contributed by atoms with Crippen LogP contribution in [0.1, 0.15) is 33.6 Å². The molecule has 4 nitrogen and oxygen atoms in total. The van der Waals surface area contributed by atoms with E-state index in [1.54, 1.807) is 0 Å². The fourth-order valence-electron chi connectivity index (χ4n) is 2.03. The Bertz CT molecular complexity index is 282. The molecule has 2 N–H and O–H groups in total. The van der Waals surface area contributed by atoms with Gasteiger partial charge in [-0.2, -0.15) is 11.8 Å². The van der Waals surface area contributed by atoms with E-state index in [9.17, 15) is 0 Å². The van der Waals surface area contributed by atoms with E-state index in [2.05, 4.69) is 48.2 Å². The van der Waals surface area contributed by atoms with E-state index in [-0.39, 0.29) is 24.0 Å². The first-order chi connectivity index (χ1) is 9.06. The van der Waals surface area contributed by atoms with Crippen LogP contribution in [0, 0.1) is 5.92 Å². The summed E-state index contributed by atoms with van der Waals surface area (Å²) in [4.78, 5) is 4.24. The van der Waals surface area contributed by atoms with Crippen molar-refractivity contribution in [1.29, 1.82) is 0 Å². The van der Waals surface area contributed by atoms with Crippen LogP contribution in [-0.4, -0.2) is 49.8 Å². The molecule has 1 heterocycles. The molecule has 0 aromatic carbocycles. The molecule has 0 radical (unpaired) electrons. The van der Waals surface area contributed by atoms with Gasteiger partial charge in [0, 0.05) is 31.5 Å². The van der Waals surface area contributed by atoms with Crippen molar-refractivity contribution in [2.45, 2.75) is 38.4 Å². The Morgan fingerprint density at radius 3 is 2.70 bits per heavy atom. The van der Waals surface area contributed by atoms with E-state index in [4.69, 9.17) is 4.74 Å². The third kappa shape index (κ3) is 8.56. The standard InChI is InChI=1S/C14H29N3OS.HI/c1-12(2)10-18-8-7-16-13(15-4)17-11-14(3)6-5-9-19-14;/h12H,5-11H2,1-4H3,(H2,15,16,17);1H. The van der Waals surface area contributed by atoms with E-state index in [1.165, 1.54) is 18.6 Å². The van der Waals surface area contributed by atoms with Crippen LogP contribution < -0.4 is 10.6 Å². The maximum atomic E-state index is 5.54. The highest BCUT2D eigenvalue weighted by Crippen LogP contribution is 2.36. The van der Waals surface area contributed by atoms with Crippen molar-refractivity contribution in [3.63, 3.8) is 0 Å². The molecule has 0 aromatic rings. The number of nitrogens with one attached hydrogen (secondary N) is 2. The smallest absolute Gasteiger partial charge is 0.191 e. The van der Waals surface area contributed by atoms with Crippen molar-refractivity contribution in [3.05, 3.63) is 0 Å². The third-order valence-electron chi connectivity index (χ3n) is 3.14. The van der Waals surface area contributed by atoms with Gasteiger partial charge in [-0.1, -0.05) is 13.8 Å². The van der Waals surface area contributed by atoms with Gasteiger partial charge in [0.25, 0.3) is 0 Å². The Kier molecular flexibility index (Phi) is 11.1. The van der Waals surface area contributed by atoms with Gasteiger partial charge in [0.2, 0.25) is 0 Å². The number of halogens is 1. The number of aliphatic imine (C=N–C) groups is 1. The fourth-order valence-corrected chi connectivity index (χ4v) is 3.27. The van der Waals surface area contributed by atoms with Gasteiger partial charge in [0.15, 0.2) is 5.96 Å². The summed E-state index contributed by atoms with van der Waals surface area (Å²) in [6.07, 6.45) is 2.62. The zero-order valence-electron chi connectivity index (χ0n) is 13.2. The van der Waals surface area contributed by atoms with E-state index in [0.29, 0.717) is 10.7 Å². The molecule has 20 heavy (non-hydrogen) atoms. The lowest BCUT2D eigenvalue weighted by molar-refractivity contribution is 0.114. The van der Waals surface area contributed by atoms with Crippen LogP contribution in [0.2, 0.25) is 0 Å². The highest BCUT2D eigenvalue weighted by Gasteiger charge is 2.29. The Morgan fingerprint density at radius 2 is 2.15 bits per heavy atom.